The lowest BCUT2D eigenvalue weighted by molar-refractivity contribution is -0.426. The van der Waals surface area contributed by atoms with Crippen molar-refractivity contribution in [3.63, 3.8) is 0 Å². The van der Waals surface area contributed by atoms with Crippen LogP contribution in [0.15, 0.2) is 6.33 Å². The van der Waals surface area contributed by atoms with Crippen molar-refractivity contribution in [2.45, 2.75) is 54.3 Å². The number of fused-ring (bicyclic) bond motifs is 2. The maximum absolute atomic E-state index is 14.1. The van der Waals surface area contributed by atoms with Gasteiger partial charge >= 0.3 is 14.6 Å². The van der Waals surface area contributed by atoms with E-state index in [1.54, 1.807) is 0 Å². The Balaban J connectivity index is 1.24. The molecule has 5 rings (SSSR count). The third-order valence-electron chi connectivity index (χ3n) is 7.44. The second-order valence-corrected chi connectivity index (χ2v) is 15.2. The van der Waals surface area contributed by atoms with Crippen molar-refractivity contribution >= 4 is 55.3 Å². The summed E-state index contributed by atoms with van der Waals surface area (Å²) in [4.78, 5) is 18.4. The molecule has 23 heteroatoms. The predicted molar refractivity (Wildman–Crippen MR) is 144 cm³/mol. The molecule has 4 heterocycles. The van der Waals surface area contributed by atoms with Crippen molar-refractivity contribution in [1.29, 1.82) is 0 Å². The molecule has 0 amide bonds. The highest BCUT2D eigenvalue weighted by atomic mass is 32.7. The number of rotatable bonds is 10. The minimum Gasteiger partial charge on any atom is -0.393 e. The molecule has 1 saturated carbocycles. The van der Waals surface area contributed by atoms with Crippen molar-refractivity contribution < 1.29 is 66.8 Å². The van der Waals surface area contributed by atoms with Gasteiger partial charge in [0.15, 0.2) is 17.9 Å². The van der Waals surface area contributed by atoms with Gasteiger partial charge < -0.3 is 51.4 Å². The summed E-state index contributed by atoms with van der Waals surface area (Å²) < 4.78 is 68.7. The first-order chi connectivity index (χ1) is 20.0. The van der Waals surface area contributed by atoms with Crippen LogP contribution in [0.5, 0.6) is 0 Å². The van der Waals surface area contributed by atoms with Crippen LogP contribution >= 0.6 is 38.4 Å². The zero-order chi connectivity index (χ0) is 31.7. The van der Waals surface area contributed by atoms with Crippen molar-refractivity contribution in [3.05, 3.63) is 11.2 Å². The SMILES string of the molecule is C#C[C@@]1(N)[C@H](O)[C@@H](COP(=O)(S)OP(=O)(O)OC2OC3(O)C2C(O)C(O)C3[C@@H](F)CO)O[C@H]1c1snc2c(N)ncnc12. The largest absolute Gasteiger partial charge is 0.482 e. The summed E-state index contributed by atoms with van der Waals surface area (Å²) in [7, 11) is -5.43. The molecular weight excluding hydrogens is 663 g/mol. The number of aliphatic hydroxyl groups is 5. The third-order valence-corrected chi connectivity index (χ3v) is 11.9. The first-order valence-electron chi connectivity index (χ1n) is 12.2. The molecule has 0 bridgehead atoms. The quantitative estimate of drug-likeness (QED) is 0.0765. The van der Waals surface area contributed by atoms with E-state index in [1.165, 1.54) is 6.33 Å². The summed E-state index contributed by atoms with van der Waals surface area (Å²) in [5.74, 6) is -3.70. The van der Waals surface area contributed by atoms with E-state index in [0.717, 1.165) is 11.5 Å². The van der Waals surface area contributed by atoms with Gasteiger partial charge in [-0.25, -0.2) is 23.5 Å². The lowest BCUT2D eigenvalue weighted by Gasteiger charge is -2.49. The van der Waals surface area contributed by atoms with E-state index >= 15 is 0 Å². The van der Waals surface area contributed by atoms with Gasteiger partial charge in [0.25, 0.3) is 0 Å². The van der Waals surface area contributed by atoms with E-state index in [1.807, 2.05) is 0 Å². The van der Waals surface area contributed by atoms with Crippen molar-refractivity contribution in [2.24, 2.45) is 17.6 Å². The highest BCUT2D eigenvalue weighted by molar-refractivity contribution is 8.45. The fourth-order valence-corrected chi connectivity index (χ4v) is 9.49. The molecule has 2 aromatic rings. The molecule has 18 nitrogen and oxygen atoms in total. The summed E-state index contributed by atoms with van der Waals surface area (Å²) in [6.45, 7) is -6.73. The second-order valence-electron chi connectivity index (χ2n) is 9.97. The number of nitrogens with zero attached hydrogens (tertiary/aromatic N) is 3. The van der Waals surface area contributed by atoms with E-state index in [0.29, 0.717) is 4.88 Å². The molecule has 3 fully saturated rings. The summed E-state index contributed by atoms with van der Waals surface area (Å²) >= 11 is 4.52. The van der Waals surface area contributed by atoms with Crippen LogP contribution in [0, 0.1) is 24.2 Å². The van der Waals surface area contributed by atoms with E-state index in [9.17, 15) is 38.8 Å². The molecular formula is C20H26FN5O13P2S2. The highest BCUT2D eigenvalue weighted by Gasteiger charge is 2.74. The number of anilines is 1. The van der Waals surface area contributed by atoms with Crippen LogP contribution in [0.2, 0.25) is 0 Å². The smallest absolute Gasteiger partial charge is 0.393 e. The molecule has 10 N–H and O–H groups in total. The Labute approximate surface area is 250 Å². The Morgan fingerprint density at radius 1 is 1.28 bits per heavy atom. The van der Waals surface area contributed by atoms with E-state index < -0.39 is 94.0 Å². The average molecular weight is 690 g/mol. The van der Waals surface area contributed by atoms with Gasteiger partial charge in [-0.15, -0.1) is 6.42 Å². The monoisotopic (exact) mass is 689 g/mol. The zero-order valence-electron chi connectivity index (χ0n) is 21.4. The molecule has 8 unspecified atom stereocenters. The fraction of sp³-hybridized carbons (Fsp3) is 0.650. The molecule has 13 atom stereocenters. The Hall–Kier alpha value is -1.41. The summed E-state index contributed by atoms with van der Waals surface area (Å²) in [5, 5.41) is 50.8. The molecule has 0 aromatic carbocycles. The van der Waals surface area contributed by atoms with Crippen LogP contribution in [-0.2, 0) is 32.0 Å². The van der Waals surface area contributed by atoms with Crippen LogP contribution in [0.25, 0.3) is 11.0 Å². The van der Waals surface area contributed by atoms with Crippen LogP contribution in [0.3, 0.4) is 0 Å². The number of thiol groups is 1. The second kappa shape index (κ2) is 11.4. The fourth-order valence-electron chi connectivity index (χ4n) is 5.35. The number of hydrogen-bond donors (Lipinski definition) is 9. The number of nitrogen functional groups attached to an aromatic ring is 1. The van der Waals surface area contributed by atoms with Gasteiger partial charge in [0.05, 0.1) is 42.1 Å². The molecule has 0 radical (unpaired) electrons. The van der Waals surface area contributed by atoms with Crippen molar-refractivity contribution in [1.82, 2.24) is 14.3 Å². The molecule has 3 aliphatic rings. The van der Waals surface area contributed by atoms with E-state index in [4.69, 9.17) is 41.5 Å². The van der Waals surface area contributed by atoms with Gasteiger partial charge in [-0.3, -0.25) is 9.05 Å². The molecule has 0 spiro atoms. The first-order valence-corrected chi connectivity index (χ1v) is 17.1. The number of hydrogen-bond acceptors (Lipinski definition) is 18. The minimum absolute atomic E-state index is 0.0743. The number of terminal acetylenes is 1. The number of alkyl halides is 1. The lowest BCUT2D eigenvalue weighted by Crippen LogP contribution is -2.64. The minimum atomic E-state index is -5.43. The first kappa shape index (κ1) is 33.0. The number of aliphatic hydroxyl groups excluding tert-OH is 4. The Morgan fingerprint density at radius 3 is 2.63 bits per heavy atom. The number of ether oxygens (including phenoxy) is 2. The van der Waals surface area contributed by atoms with Gasteiger partial charge in [-0.1, -0.05) is 18.2 Å². The highest BCUT2D eigenvalue weighted by Crippen LogP contribution is 2.68. The molecule has 2 saturated heterocycles. The van der Waals surface area contributed by atoms with Crippen LogP contribution in [0.4, 0.5) is 10.2 Å². The van der Waals surface area contributed by atoms with Gasteiger partial charge in [0.1, 0.15) is 47.4 Å². The number of nitrogens with two attached hydrogens (primary N) is 2. The number of halogens is 1. The Kier molecular flexibility index (Phi) is 8.77. The van der Waals surface area contributed by atoms with Crippen LogP contribution < -0.4 is 11.5 Å². The molecule has 2 aliphatic heterocycles. The molecule has 1 aliphatic carbocycles. The standard InChI is InChI=1S/C20H26FN5O13P2S2/c1-2-19(23)15(30)7(36-16(19)14-10-11(26-43-14)17(22)25-5-24-10)4-35-41(34,42)39-40(32,33)38-18-9-13(29)12(28)8(6(21)3-27)20(9,31)37-18/h1,5-9,12-13,15-16,18,27-31H,3-4,23H2,(H,32,33)(H,34,42)(H2,22,24,25)/t6-,7+,8?,9?,12?,13?,15+,16-,18?,19+,20?,41?/m0/s1. The average Bonchev–Trinajstić information content (AvgIpc) is 3.50. The van der Waals surface area contributed by atoms with Gasteiger partial charge in [-0.05, 0) is 11.5 Å². The predicted octanol–water partition coefficient (Wildman–Crippen LogP) is -1.67. The summed E-state index contributed by atoms with van der Waals surface area (Å²) in [5.41, 5.74) is 10.7. The maximum atomic E-state index is 14.1. The number of phosphoric acid groups is 1. The van der Waals surface area contributed by atoms with Crippen molar-refractivity contribution in [2.75, 3.05) is 18.9 Å². The van der Waals surface area contributed by atoms with E-state index in [2.05, 4.69) is 36.8 Å². The maximum Gasteiger partial charge on any atom is 0.482 e. The lowest BCUT2D eigenvalue weighted by atomic mass is 9.87. The Bertz CT molecular complexity index is 1540. The topological polar surface area (TPSA) is 292 Å². The van der Waals surface area contributed by atoms with Gasteiger partial charge in [-0.2, -0.15) is 8.68 Å². The summed E-state index contributed by atoms with van der Waals surface area (Å²) in [6, 6.07) is 0. The van der Waals surface area contributed by atoms with Crippen molar-refractivity contribution in [3.8, 4) is 12.3 Å². The number of phosphoric ester groups is 1. The molecule has 238 valence electrons. The normalized spacial score (nSPS) is 40.7. The van der Waals surface area contributed by atoms with Gasteiger partial charge in [0, 0.05) is 0 Å². The van der Waals surface area contributed by atoms with Crippen LogP contribution in [0.1, 0.15) is 11.0 Å². The van der Waals surface area contributed by atoms with E-state index in [-0.39, 0.29) is 16.9 Å². The molecule has 43 heavy (non-hydrogen) atoms. The van der Waals surface area contributed by atoms with Crippen LogP contribution in [-0.4, -0.2) is 106 Å². The zero-order valence-corrected chi connectivity index (χ0v) is 24.9. The summed E-state index contributed by atoms with van der Waals surface area (Å²) in [6.07, 6.45) is -5.46. The number of aromatic nitrogens is 3. The molecule has 2 aromatic heterocycles. The third kappa shape index (κ3) is 5.53. The Morgan fingerprint density at radius 2 is 1.98 bits per heavy atom. The van der Waals surface area contributed by atoms with Gasteiger partial charge in [0.2, 0.25) is 0 Å².